The number of esters is 1. The number of hydrogen-bond acceptors (Lipinski definition) is 5. The molecule has 2 fully saturated rings. The topological polar surface area (TPSA) is 76.2 Å². The van der Waals surface area contributed by atoms with E-state index >= 15 is 0 Å². The molecule has 8 heteroatoms. The van der Waals surface area contributed by atoms with Gasteiger partial charge in [-0.15, -0.1) is 0 Å². The molecule has 2 rings (SSSR count). The Morgan fingerprint density at radius 2 is 1.89 bits per heavy atom. The van der Waals surface area contributed by atoms with Gasteiger partial charge in [0.25, 0.3) is 10.2 Å². The van der Waals surface area contributed by atoms with Crippen LogP contribution in [0.2, 0.25) is 0 Å². The second-order valence-corrected chi connectivity index (χ2v) is 6.55. The highest BCUT2D eigenvalue weighted by atomic mass is 32.2. The number of rotatable bonds is 3. The number of morpholine rings is 1. The Hall–Kier alpha value is -0.700. The van der Waals surface area contributed by atoms with E-state index in [2.05, 4.69) is 0 Å². The van der Waals surface area contributed by atoms with Gasteiger partial charge in [-0.3, -0.25) is 4.79 Å². The zero-order valence-electron chi connectivity index (χ0n) is 11.1. The van der Waals surface area contributed by atoms with Crippen LogP contribution < -0.4 is 0 Å². The van der Waals surface area contributed by atoms with Crippen molar-refractivity contribution in [2.75, 3.05) is 40.0 Å². The Kier molecular flexibility index (Phi) is 4.77. The van der Waals surface area contributed by atoms with Crippen molar-refractivity contribution in [2.24, 2.45) is 0 Å². The zero-order chi connectivity index (χ0) is 13.9. The van der Waals surface area contributed by atoms with Crippen LogP contribution in [0.5, 0.6) is 0 Å². The van der Waals surface area contributed by atoms with Crippen LogP contribution in [0.25, 0.3) is 0 Å². The zero-order valence-corrected chi connectivity index (χ0v) is 11.9. The Balaban J connectivity index is 2.18. The largest absolute Gasteiger partial charge is 0.468 e. The van der Waals surface area contributed by atoms with Crippen LogP contribution in [0.1, 0.15) is 19.3 Å². The first kappa shape index (κ1) is 14.7. The van der Waals surface area contributed by atoms with Gasteiger partial charge in [-0.2, -0.15) is 17.0 Å². The summed E-state index contributed by atoms with van der Waals surface area (Å²) in [6.45, 7) is 1.85. The summed E-state index contributed by atoms with van der Waals surface area (Å²) in [4.78, 5) is 11.7. The third kappa shape index (κ3) is 3.07. The van der Waals surface area contributed by atoms with Crippen LogP contribution in [0.3, 0.4) is 0 Å². The normalized spacial score (nSPS) is 27.1. The molecule has 0 aromatic rings. The summed E-state index contributed by atoms with van der Waals surface area (Å²) < 4.78 is 37.7. The third-order valence-electron chi connectivity index (χ3n) is 3.52. The molecule has 7 nitrogen and oxygen atoms in total. The highest BCUT2D eigenvalue weighted by molar-refractivity contribution is 7.86. The van der Waals surface area contributed by atoms with Crippen molar-refractivity contribution in [1.29, 1.82) is 0 Å². The maximum Gasteiger partial charge on any atom is 0.324 e. The van der Waals surface area contributed by atoms with Crippen molar-refractivity contribution < 1.29 is 22.7 Å². The molecule has 2 heterocycles. The SMILES string of the molecule is COC(=O)[C@@H]1CCCCN1S(=O)(=O)N1CCOCC1. The van der Waals surface area contributed by atoms with Gasteiger partial charge < -0.3 is 9.47 Å². The number of nitrogens with zero attached hydrogens (tertiary/aromatic N) is 2. The van der Waals surface area contributed by atoms with E-state index < -0.39 is 22.2 Å². The predicted molar refractivity (Wildman–Crippen MR) is 67.7 cm³/mol. The van der Waals surface area contributed by atoms with Gasteiger partial charge in [-0.25, -0.2) is 0 Å². The quantitative estimate of drug-likeness (QED) is 0.661. The summed E-state index contributed by atoms with van der Waals surface area (Å²) in [5.41, 5.74) is 0. The van der Waals surface area contributed by atoms with Crippen LogP contribution in [0.4, 0.5) is 0 Å². The van der Waals surface area contributed by atoms with Crippen molar-refractivity contribution in [3.63, 3.8) is 0 Å². The van der Waals surface area contributed by atoms with E-state index in [4.69, 9.17) is 9.47 Å². The van der Waals surface area contributed by atoms with Crippen molar-refractivity contribution in [2.45, 2.75) is 25.3 Å². The van der Waals surface area contributed by atoms with E-state index in [1.54, 1.807) is 0 Å². The lowest BCUT2D eigenvalue weighted by molar-refractivity contribution is -0.146. The minimum absolute atomic E-state index is 0.340. The number of hydrogen-bond donors (Lipinski definition) is 0. The Morgan fingerprint density at radius 3 is 2.53 bits per heavy atom. The van der Waals surface area contributed by atoms with E-state index in [-0.39, 0.29) is 0 Å². The van der Waals surface area contributed by atoms with Crippen LogP contribution in [-0.4, -0.2) is 69.0 Å². The van der Waals surface area contributed by atoms with Gasteiger partial charge in [0.15, 0.2) is 0 Å². The number of methoxy groups -OCH3 is 1. The molecular weight excluding hydrogens is 272 g/mol. The van der Waals surface area contributed by atoms with Gasteiger partial charge >= 0.3 is 5.97 Å². The molecule has 1 atom stereocenters. The summed E-state index contributed by atoms with van der Waals surface area (Å²) in [6.07, 6.45) is 2.14. The van der Waals surface area contributed by atoms with Crippen molar-refractivity contribution >= 4 is 16.2 Å². The minimum Gasteiger partial charge on any atom is -0.468 e. The van der Waals surface area contributed by atoms with E-state index in [0.29, 0.717) is 39.3 Å². The number of ether oxygens (including phenoxy) is 2. The first-order valence-corrected chi connectivity index (χ1v) is 7.89. The number of carbonyl (C=O) groups is 1. The minimum atomic E-state index is -3.60. The van der Waals surface area contributed by atoms with Gasteiger partial charge in [-0.1, -0.05) is 0 Å². The van der Waals surface area contributed by atoms with Crippen LogP contribution >= 0.6 is 0 Å². The van der Waals surface area contributed by atoms with Gasteiger partial charge in [0.05, 0.1) is 20.3 Å². The Labute approximate surface area is 113 Å². The predicted octanol–water partition coefficient (Wildman–Crippen LogP) is -0.409. The van der Waals surface area contributed by atoms with Crippen LogP contribution in [-0.2, 0) is 24.5 Å². The molecule has 2 aliphatic rings. The lowest BCUT2D eigenvalue weighted by atomic mass is 10.1. The van der Waals surface area contributed by atoms with Crippen molar-refractivity contribution in [1.82, 2.24) is 8.61 Å². The molecule has 0 aromatic heterocycles. The average molecular weight is 292 g/mol. The second-order valence-electron chi connectivity index (χ2n) is 4.66. The fraction of sp³-hybridized carbons (Fsp3) is 0.909. The molecule has 2 saturated heterocycles. The van der Waals surface area contributed by atoms with Crippen molar-refractivity contribution in [3.05, 3.63) is 0 Å². The van der Waals surface area contributed by atoms with Crippen LogP contribution in [0, 0.1) is 0 Å². The van der Waals surface area contributed by atoms with Gasteiger partial charge in [0, 0.05) is 19.6 Å². The van der Waals surface area contributed by atoms with Gasteiger partial charge in [0.2, 0.25) is 0 Å². The van der Waals surface area contributed by atoms with E-state index in [1.807, 2.05) is 0 Å². The Morgan fingerprint density at radius 1 is 1.21 bits per heavy atom. The summed E-state index contributed by atoms with van der Waals surface area (Å²) in [5, 5.41) is 0. The third-order valence-corrected chi connectivity index (χ3v) is 5.57. The molecule has 0 bridgehead atoms. The summed E-state index contributed by atoms with van der Waals surface area (Å²) in [5.74, 6) is -0.475. The molecule has 0 unspecified atom stereocenters. The monoisotopic (exact) mass is 292 g/mol. The molecule has 0 amide bonds. The molecule has 0 N–H and O–H groups in total. The molecule has 19 heavy (non-hydrogen) atoms. The highest BCUT2D eigenvalue weighted by Gasteiger charge is 2.40. The smallest absolute Gasteiger partial charge is 0.324 e. The highest BCUT2D eigenvalue weighted by Crippen LogP contribution is 2.24. The molecule has 0 aliphatic carbocycles. The molecule has 2 aliphatic heterocycles. The summed E-state index contributed by atoms with van der Waals surface area (Å²) in [7, 11) is -2.32. The van der Waals surface area contributed by atoms with E-state index in [1.165, 1.54) is 15.7 Å². The lowest BCUT2D eigenvalue weighted by Gasteiger charge is -2.37. The maximum absolute atomic E-state index is 12.6. The molecule has 0 aromatic carbocycles. The van der Waals surface area contributed by atoms with Gasteiger partial charge in [0.1, 0.15) is 6.04 Å². The number of carbonyl (C=O) groups excluding carboxylic acids is 1. The standard InChI is InChI=1S/C11H20N2O5S/c1-17-11(14)10-4-2-3-5-13(10)19(15,16)12-6-8-18-9-7-12/h10H,2-9H2,1H3/t10-/m0/s1. The molecule has 0 saturated carbocycles. The number of piperidine rings is 1. The Bertz CT molecular complexity index is 419. The fourth-order valence-corrected chi connectivity index (χ4v) is 4.26. The molecule has 0 spiro atoms. The summed E-state index contributed by atoms with van der Waals surface area (Å²) in [6, 6.07) is -0.688. The lowest BCUT2D eigenvalue weighted by Crippen LogP contribution is -2.55. The van der Waals surface area contributed by atoms with E-state index in [0.717, 1.165) is 12.8 Å². The first-order chi connectivity index (χ1) is 9.07. The second kappa shape index (κ2) is 6.17. The van der Waals surface area contributed by atoms with Crippen LogP contribution in [0.15, 0.2) is 0 Å². The maximum atomic E-state index is 12.6. The first-order valence-electron chi connectivity index (χ1n) is 6.50. The molecule has 110 valence electrons. The van der Waals surface area contributed by atoms with Crippen molar-refractivity contribution in [3.8, 4) is 0 Å². The average Bonchev–Trinajstić information content (AvgIpc) is 2.47. The molecular formula is C11H20N2O5S. The molecule has 0 radical (unpaired) electrons. The van der Waals surface area contributed by atoms with Gasteiger partial charge in [-0.05, 0) is 19.3 Å². The fourth-order valence-electron chi connectivity index (χ4n) is 2.48. The van der Waals surface area contributed by atoms with E-state index in [9.17, 15) is 13.2 Å². The summed E-state index contributed by atoms with van der Waals surface area (Å²) >= 11 is 0.